The van der Waals surface area contributed by atoms with Gasteiger partial charge in [0.05, 0.1) is 6.61 Å². The Morgan fingerprint density at radius 2 is 2.12 bits per heavy atom. The first-order valence-electron chi connectivity index (χ1n) is 6.20. The minimum Gasteiger partial charge on any atom is -0.371 e. The molecule has 1 fully saturated rings. The summed E-state index contributed by atoms with van der Waals surface area (Å²) in [5.74, 6) is 1.22. The number of rotatable bonds is 6. The van der Waals surface area contributed by atoms with Gasteiger partial charge in [0.25, 0.3) is 0 Å². The van der Waals surface area contributed by atoms with E-state index in [0.29, 0.717) is 18.4 Å². The molecular formula is C12H24N2O2. The molecule has 2 unspecified atom stereocenters. The van der Waals surface area contributed by atoms with E-state index in [4.69, 9.17) is 10.5 Å². The molecule has 94 valence electrons. The largest absolute Gasteiger partial charge is 0.371 e. The van der Waals surface area contributed by atoms with E-state index in [1.807, 2.05) is 6.92 Å². The molecule has 1 aliphatic rings. The highest BCUT2D eigenvalue weighted by Crippen LogP contribution is 2.30. The summed E-state index contributed by atoms with van der Waals surface area (Å²) >= 11 is 0. The van der Waals surface area contributed by atoms with Crippen LogP contribution in [0.15, 0.2) is 0 Å². The van der Waals surface area contributed by atoms with Gasteiger partial charge < -0.3 is 15.4 Å². The molecular weight excluding hydrogens is 204 g/mol. The molecule has 0 aliphatic heterocycles. The minimum atomic E-state index is 0.0600. The predicted molar refractivity (Wildman–Crippen MR) is 64.0 cm³/mol. The number of hydrogen-bond acceptors (Lipinski definition) is 3. The third kappa shape index (κ3) is 3.76. The zero-order chi connectivity index (χ0) is 12.0. The maximum absolute atomic E-state index is 11.5. The van der Waals surface area contributed by atoms with Gasteiger partial charge in [-0.15, -0.1) is 0 Å². The number of hydrogen-bond donors (Lipinski definition) is 1. The summed E-state index contributed by atoms with van der Waals surface area (Å²) < 4.78 is 5.49. The first-order chi connectivity index (χ1) is 7.69. The Morgan fingerprint density at radius 3 is 2.75 bits per heavy atom. The van der Waals surface area contributed by atoms with Crippen LogP contribution in [0.4, 0.5) is 0 Å². The van der Waals surface area contributed by atoms with Gasteiger partial charge in [0.15, 0.2) is 0 Å². The van der Waals surface area contributed by atoms with Gasteiger partial charge in [-0.1, -0.05) is 6.42 Å². The topological polar surface area (TPSA) is 55.6 Å². The van der Waals surface area contributed by atoms with E-state index in [0.717, 1.165) is 13.1 Å². The molecule has 1 aliphatic carbocycles. The molecule has 0 aromatic heterocycles. The van der Waals surface area contributed by atoms with E-state index < -0.39 is 0 Å². The molecule has 16 heavy (non-hydrogen) atoms. The Bertz CT molecular complexity index is 221. The van der Waals surface area contributed by atoms with Gasteiger partial charge in [0.2, 0.25) is 5.91 Å². The van der Waals surface area contributed by atoms with Crippen LogP contribution < -0.4 is 5.73 Å². The van der Waals surface area contributed by atoms with Crippen LogP contribution in [0, 0.1) is 11.8 Å². The molecule has 0 spiro atoms. The smallest absolute Gasteiger partial charge is 0.248 e. The number of likely N-dealkylation sites (N-methyl/N-ethyl adjacent to an activating group) is 1. The van der Waals surface area contributed by atoms with Crippen molar-refractivity contribution in [2.75, 3.05) is 33.4 Å². The van der Waals surface area contributed by atoms with E-state index in [1.54, 1.807) is 11.9 Å². The number of carbonyl (C=O) groups is 1. The molecule has 2 atom stereocenters. The Hall–Kier alpha value is -0.610. The van der Waals surface area contributed by atoms with Gasteiger partial charge in [0.1, 0.15) is 6.61 Å². The van der Waals surface area contributed by atoms with Crippen LogP contribution in [-0.4, -0.2) is 44.2 Å². The highest BCUT2D eigenvalue weighted by atomic mass is 16.5. The fourth-order valence-corrected chi connectivity index (χ4v) is 2.23. The van der Waals surface area contributed by atoms with Crippen LogP contribution in [0.3, 0.4) is 0 Å². The summed E-state index contributed by atoms with van der Waals surface area (Å²) in [6.07, 6.45) is 3.66. The van der Waals surface area contributed by atoms with Crippen molar-refractivity contribution in [2.24, 2.45) is 17.6 Å². The summed E-state index contributed by atoms with van der Waals surface area (Å²) in [6, 6.07) is 0. The van der Waals surface area contributed by atoms with Gasteiger partial charge in [-0.05, 0) is 38.1 Å². The monoisotopic (exact) mass is 228 g/mol. The molecule has 0 bridgehead atoms. The van der Waals surface area contributed by atoms with Crippen molar-refractivity contribution in [1.29, 1.82) is 0 Å². The molecule has 1 amide bonds. The summed E-state index contributed by atoms with van der Waals surface area (Å²) in [5, 5.41) is 0. The SMILES string of the molecule is CCN(C)C(=O)COCC1CCCC1CN. The lowest BCUT2D eigenvalue weighted by atomic mass is 9.97. The predicted octanol–water partition coefficient (Wildman–Crippen LogP) is 0.856. The van der Waals surface area contributed by atoms with Crippen molar-refractivity contribution in [3.05, 3.63) is 0 Å². The van der Waals surface area contributed by atoms with E-state index in [1.165, 1.54) is 19.3 Å². The molecule has 0 radical (unpaired) electrons. The van der Waals surface area contributed by atoms with Gasteiger partial charge in [0, 0.05) is 13.6 Å². The fraction of sp³-hybridized carbons (Fsp3) is 0.917. The molecule has 1 rings (SSSR count). The highest BCUT2D eigenvalue weighted by molar-refractivity contribution is 5.77. The van der Waals surface area contributed by atoms with Crippen molar-refractivity contribution < 1.29 is 9.53 Å². The lowest BCUT2D eigenvalue weighted by Crippen LogP contribution is -2.31. The Kier molecular flexibility index (Phi) is 5.77. The van der Waals surface area contributed by atoms with Gasteiger partial charge in [-0.25, -0.2) is 0 Å². The van der Waals surface area contributed by atoms with Gasteiger partial charge >= 0.3 is 0 Å². The van der Waals surface area contributed by atoms with Crippen LogP contribution >= 0.6 is 0 Å². The zero-order valence-electron chi connectivity index (χ0n) is 10.4. The normalized spacial score (nSPS) is 24.7. The third-order valence-electron chi connectivity index (χ3n) is 3.58. The standard InChI is InChI=1S/C12H24N2O2/c1-3-14(2)12(15)9-16-8-11-6-4-5-10(11)7-13/h10-11H,3-9,13H2,1-2H3. The second kappa shape index (κ2) is 6.86. The summed E-state index contributed by atoms with van der Waals surface area (Å²) in [4.78, 5) is 13.2. The number of nitrogens with two attached hydrogens (primary N) is 1. The van der Waals surface area contributed by atoms with Gasteiger partial charge in [-0.2, -0.15) is 0 Å². The first-order valence-corrected chi connectivity index (χ1v) is 6.20. The van der Waals surface area contributed by atoms with Crippen LogP contribution in [0.2, 0.25) is 0 Å². The van der Waals surface area contributed by atoms with Crippen LogP contribution in [0.25, 0.3) is 0 Å². The second-order valence-corrected chi connectivity index (χ2v) is 4.61. The second-order valence-electron chi connectivity index (χ2n) is 4.61. The molecule has 4 nitrogen and oxygen atoms in total. The average Bonchev–Trinajstić information content (AvgIpc) is 2.75. The minimum absolute atomic E-state index is 0.0600. The first kappa shape index (κ1) is 13.5. The molecule has 0 heterocycles. The van der Waals surface area contributed by atoms with Crippen LogP contribution in [0.5, 0.6) is 0 Å². The quantitative estimate of drug-likeness (QED) is 0.733. The summed E-state index contributed by atoms with van der Waals surface area (Å²) in [7, 11) is 1.80. The van der Waals surface area contributed by atoms with Gasteiger partial charge in [-0.3, -0.25) is 4.79 Å². The molecule has 0 aromatic carbocycles. The number of ether oxygens (including phenoxy) is 1. The third-order valence-corrected chi connectivity index (χ3v) is 3.58. The van der Waals surface area contributed by atoms with Crippen molar-refractivity contribution in [1.82, 2.24) is 4.90 Å². The number of amides is 1. The van der Waals surface area contributed by atoms with Crippen molar-refractivity contribution >= 4 is 5.91 Å². The maximum Gasteiger partial charge on any atom is 0.248 e. The van der Waals surface area contributed by atoms with E-state index >= 15 is 0 Å². The van der Waals surface area contributed by atoms with Crippen molar-refractivity contribution in [3.63, 3.8) is 0 Å². The summed E-state index contributed by atoms with van der Waals surface area (Å²) in [6.45, 7) is 4.33. The van der Waals surface area contributed by atoms with E-state index in [9.17, 15) is 4.79 Å². The fourth-order valence-electron chi connectivity index (χ4n) is 2.23. The Balaban J connectivity index is 2.17. The van der Waals surface area contributed by atoms with Crippen LogP contribution in [-0.2, 0) is 9.53 Å². The number of carbonyl (C=O) groups excluding carboxylic acids is 1. The Labute approximate surface area is 98.1 Å². The molecule has 2 N–H and O–H groups in total. The molecule has 1 saturated carbocycles. The number of nitrogens with zero attached hydrogens (tertiary/aromatic N) is 1. The summed E-state index contributed by atoms with van der Waals surface area (Å²) in [5.41, 5.74) is 5.69. The van der Waals surface area contributed by atoms with Crippen molar-refractivity contribution in [2.45, 2.75) is 26.2 Å². The van der Waals surface area contributed by atoms with E-state index in [-0.39, 0.29) is 12.5 Å². The van der Waals surface area contributed by atoms with E-state index in [2.05, 4.69) is 0 Å². The maximum atomic E-state index is 11.5. The lowest BCUT2D eigenvalue weighted by Gasteiger charge is -2.19. The van der Waals surface area contributed by atoms with Crippen molar-refractivity contribution in [3.8, 4) is 0 Å². The van der Waals surface area contributed by atoms with Crippen LogP contribution in [0.1, 0.15) is 26.2 Å². The zero-order valence-corrected chi connectivity index (χ0v) is 10.4. The Morgan fingerprint density at radius 1 is 1.44 bits per heavy atom. The molecule has 0 saturated heterocycles. The molecule has 4 heteroatoms. The lowest BCUT2D eigenvalue weighted by molar-refractivity contribution is -0.135. The molecule has 0 aromatic rings. The highest BCUT2D eigenvalue weighted by Gasteiger charge is 2.26. The average molecular weight is 228 g/mol.